The number of aryl methyl sites for hydroxylation is 2. The van der Waals surface area contributed by atoms with Crippen LogP contribution in [0.25, 0.3) is 0 Å². The lowest BCUT2D eigenvalue weighted by atomic mass is 10.4. The second-order valence-corrected chi connectivity index (χ2v) is 7.22. The number of nitrogens with zero attached hydrogens (tertiary/aromatic N) is 2. The number of nitrogen functional groups attached to an aromatic ring is 1. The summed E-state index contributed by atoms with van der Waals surface area (Å²) in [5, 5.41) is 12.9. The van der Waals surface area contributed by atoms with Crippen LogP contribution in [0.15, 0.2) is 9.42 Å². The van der Waals surface area contributed by atoms with E-state index in [1.54, 1.807) is 6.92 Å². The molecule has 0 amide bonds. The fourth-order valence-corrected chi connectivity index (χ4v) is 3.98. The molecule has 0 spiro atoms. The first-order valence-corrected chi connectivity index (χ1v) is 8.43. The zero-order chi connectivity index (χ0) is 16.5. The van der Waals surface area contributed by atoms with Crippen LogP contribution in [-0.4, -0.2) is 36.2 Å². The molecule has 11 heteroatoms. The molecule has 2 aromatic rings. The maximum atomic E-state index is 12.1. The van der Waals surface area contributed by atoms with Gasteiger partial charge in [0.25, 0.3) is 0 Å². The SMILES string of the molecule is Cc1nc(CCNS(=O)(=O)c2c(N)noc2C)sc1C(=O)O. The van der Waals surface area contributed by atoms with E-state index >= 15 is 0 Å². The minimum Gasteiger partial charge on any atom is -0.477 e. The van der Waals surface area contributed by atoms with E-state index in [9.17, 15) is 13.2 Å². The van der Waals surface area contributed by atoms with Crippen LogP contribution >= 0.6 is 11.3 Å². The van der Waals surface area contributed by atoms with Gasteiger partial charge in [0.15, 0.2) is 16.5 Å². The Morgan fingerprint density at radius 3 is 2.64 bits per heavy atom. The Balaban J connectivity index is 2.05. The Kier molecular flexibility index (Phi) is 4.49. The molecule has 0 fully saturated rings. The molecule has 2 aromatic heterocycles. The van der Waals surface area contributed by atoms with E-state index in [-0.39, 0.29) is 34.3 Å². The van der Waals surface area contributed by atoms with E-state index in [0.717, 1.165) is 11.3 Å². The van der Waals surface area contributed by atoms with Gasteiger partial charge < -0.3 is 15.4 Å². The van der Waals surface area contributed by atoms with Crippen molar-refractivity contribution >= 4 is 33.1 Å². The summed E-state index contributed by atoms with van der Waals surface area (Å²) in [7, 11) is -3.84. The minimum atomic E-state index is -3.84. The molecule has 0 bridgehead atoms. The average Bonchev–Trinajstić information content (AvgIpc) is 2.93. The number of aromatic nitrogens is 2. The lowest BCUT2D eigenvalue weighted by Gasteiger charge is -2.04. The number of anilines is 1. The zero-order valence-electron chi connectivity index (χ0n) is 11.8. The van der Waals surface area contributed by atoms with Gasteiger partial charge in [-0.05, 0) is 13.8 Å². The quantitative estimate of drug-likeness (QED) is 0.686. The summed E-state index contributed by atoms with van der Waals surface area (Å²) in [5.74, 6) is -1.15. The van der Waals surface area contributed by atoms with Gasteiger partial charge >= 0.3 is 5.97 Å². The largest absolute Gasteiger partial charge is 0.477 e. The van der Waals surface area contributed by atoms with Crippen LogP contribution in [0, 0.1) is 13.8 Å². The molecule has 0 unspecified atom stereocenters. The fourth-order valence-electron chi connectivity index (χ4n) is 1.83. The molecule has 120 valence electrons. The monoisotopic (exact) mass is 346 g/mol. The van der Waals surface area contributed by atoms with Crippen LogP contribution in [-0.2, 0) is 16.4 Å². The van der Waals surface area contributed by atoms with Crippen molar-refractivity contribution in [3.05, 3.63) is 21.3 Å². The summed E-state index contributed by atoms with van der Waals surface area (Å²) in [6, 6.07) is 0. The number of sulfonamides is 1. The lowest BCUT2D eigenvalue weighted by molar-refractivity contribution is 0.0701. The van der Waals surface area contributed by atoms with Crippen LogP contribution in [0.3, 0.4) is 0 Å². The minimum absolute atomic E-state index is 0.0540. The van der Waals surface area contributed by atoms with Crippen LogP contribution in [0.2, 0.25) is 0 Å². The lowest BCUT2D eigenvalue weighted by Crippen LogP contribution is -2.26. The Labute approximate surface area is 130 Å². The smallest absolute Gasteiger partial charge is 0.347 e. The molecule has 0 atom stereocenters. The van der Waals surface area contributed by atoms with Gasteiger partial charge in [0.05, 0.1) is 10.7 Å². The molecule has 2 rings (SSSR count). The number of carboxylic acids is 1. The summed E-state index contributed by atoms with van der Waals surface area (Å²) in [4.78, 5) is 15.0. The summed E-state index contributed by atoms with van der Waals surface area (Å²) in [5.41, 5.74) is 5.88. The highest BCUT2D eigenvalue weighted by molar-refractivity contribution is 7.89. The van der Waals surface area contributed by atoms with E-state index in [4.69, 9.17) is 15.4 Å². The van der Waals surface area contributed by atoms with Crippen molar-refractivity contribution in [1.29, 1.82) is 0 Å². The Hall–Kier alpha value is -1.98. The van der Waals surface area contributed by atoms with Crippen molar-refractivity contribution in [3.8, 4) is 0 Å². The number of nitrogens with two attached hydrogens (primary N) is 1. The molecule has 2 heterocycles. The molecule has 0 aliphatic carbocycles. The number of hydrogen-bond donors (Lipinski definition) is 3. The number of carboxylic acid groups (broad SMARTS) is 1. The summed E-state index contributed by atoms with van der Waals surface area (Å²) < 4.78 is 31.3. The standard InChI is InChI=1S/C11H14N4O5S2/c1-5-8(11(16)17)21-7(14-5)3-4-13-22(18,19)9-6(2)20-15-10(9)12/h13H,3-4H2,1-2H3,(H2,12,15)(H,16,17). The predicted molar refractivity (Wildman–Crippen MR) is 78.4 cm³/mol. The molecule has 0 radical (unpaired) electrons. The molecule has 0 saturated carbocycles. The van der Waals surface area contributed by atoms with E-state index in [1.807, 2.05) is 0 Å². The number of aromatic carboxylic acids is 1. The zero-order valence-corrected chi connectivity index (χ0v) is 13.4. The van der Waals surface area contributed by atoms with Crippen LogP contribution in [0.5, 0.6) is 0 Å². The second-order valence-electron chi connectivity index (χ2n) is 4.43. The molecule has 0 saturated heterocycles. The molecular weight excluding hydrogens is 332 g/mol. The predicted octanol–water partition coefficient (Wildman–Crippen LogP) is 0.549. The van der Waals surface area contributed by atoms with Crippen molar-refractivity contribution in [1.82, 2.24) is 14.9 Å². The maximum Gasteiger partial charge on any atom is 0.347 e. The van der Waals surface area contributed by atoms with Gasteiger partial charge in [-0.2, -0.15) is 0 Å². The van der Waals surface area contributed by atoms with Crippen molar-refractivity contribution in [3.63, 3.8) is 0 Å². The Bertz CT molecular complexity index is 789. The van der Waals surface area contributed by atoms with E-state index < -0.39 is 16.0 Å². The van der Waals surface area contributed by atoms with Gasteiger partial charge in [-0.3, -0.25) is 0 Å². The normalized spacial score (nSPS) is 11.7. The van der Waals surface area contributed by atoms with Gasteiger partial charge in [-0.15, -0.1) is 11.3 Å². The molecule has 0 aliphatic rings. The summed E-state index contributed by atoms with van der Waals surface area (Å²) in [6.45, 7) is 3.09. The highest BCUT2D eigenvalue weighted by Gasteiger charge is 2.24. The Morgan fingerprint density at radius 2 is 2.14 bits per heavy atom. The third-order valence-electron chi connectivity index (χ3n) is 2.77. The second kappa shape index (κ2) is 6.02. The van der Waals surface area contributed by atoms with Gasteiger partial charge in [0, 0.05) is 13.0 Å². The van der Waals surface area contributed by atoms with Gasteiger partial charge in [-0.1, -0.05) is 5.16 Å². The average molecular weight is 346 g/mol. The van der Waals surface area contributed by atoms with Crippen molar-refractivity contribution in [2.24, 2.45) is 0 Å². The first-order chi connectivity index (χ1) is 10.2. The van der Waals surface area contributed by atoms with Crippen molar-refractivity contribution in [2.75, 3.05) is 12.3 Å². The summed E-state index contributed by atoms with van der Waals surface area (Å²) in [6.07, 6.45) is 0.266. The topological polar surface area (TPSA) is 148 Å². The Morgan fingerprint density at radius 1 is 1.45 bits per heavy atom. The molecule has 9 nitrogen and oxygen atoms in total. The van der Waals surface area contributed by atoms with Crippen molar-refractivity contribution in [2.45, 2.75) is 25.2 Å². The van der Waals surface area contributed by atoms with Crippen LogP contribution < -0.4 is 10.5 Å². The molecule has 22 heavy (non-hydrogen) atoms. The van der Waals surface area contributed by atoms with Gasteiger partial charge in [-0.25, -0.2) is 22.9 Å². The first-order valence-electron chi connectivity index (χ1n) is 6.13. The first kappa shape index (κ1) is 16.4. The molecule has 0 aliphatic heterocycles. The fraction of sp³-hybridized carbons (Fsp3) is 0.364. The highest BCUT2D eigenvalue weighted by atomic mass is 32.2. The number of carbonyl (C=O) groups is 1. The number of nitrogens with one attached hydrogen (secondary N) is 1. The number of thiazole rings is 1. The highest BCUT2D eigenvalue weighted by Crippen LogP contribution is 2.21. The maximum absolute atomic E-state index is 12.1. The number of hydrogen-bond acceptors (Lipinski definition) is 8. The van der Waals surface area contributed by atoms with E-state index in [2.05, 4.69) is 14.9 Å². The number of rotatable bonds is 6. The van der Waals surface area contributed by atoms with E-state index in [1.165, 1.54) is 6.92 Å². The van der Waals surface area contributed by atoms with Gasteiger partial charge in [0.1, 0.15) is 4.88 Å². The molecular formula is C11H14N4O5S2. The van der Waals surface area contributed by atoms with E-state index in [0.29, 0.717) is 10.7 Å². The molecule has 4 N–H and O–H groups in total. The third-order valence-corrected chi connectivity index (χ3v) is 5.59. The van der Waals surface area contributed by atoms with Crippen LogP contribution in [0.1, 0.15) is 26.1 Å². The van der Waals surface area contributed by atoms with Crippen molar-refractivity contribution < 1.29 is 22.8 Å². The third kappa shape index (κ3) is 3.26. The molecule has 0 aromatic carbocycles. The summed E-state index contributed by atoms with van der Waals surface area (Å²) >= 11 is 1.02. The van der Waals surface area contributed by atoms with Gasteiger partial charge in [0.2, 0.25) is 10.0 Å². The van der Waals surface area contributed by atoms with Crippen LogP contribution in [0.4, 0.5) is 5.82 Å².